The molecule has 0 radical (unpaired) electrons. The Morgan fingerprint density at radius 3 is 1.31 bits per heavy atom. The van der Waals surface area contributed by atoms with E-state index in [4.69, 9.17) is 0 Å². The van der Waals surface area contributed by atoms with Crippen LogP contribution in [0.3, 0.4) is 0 Å². The Kier molecular flexibility index (Phi) is 16.8. The van der Waals surface area contributed by atoms with Crippen LogP contribution >= 0.6 is 0 Å². The molecule has 2 rings (SSSR count). The molecular formula is C10H14Ce2Cl2N2. The van der Waals surface area contributed by atoms with Gasteiger partial charge in [-0.25, -0.2) is 0 Å². The fourth-order valence-electron chi connectivity index (χ4n) is 0.972. The first-order chi connectivity index (χ1) is 6.86. The van der Waals surface area contributed by atoms with Crippen molar-refractivity contribution in [2.45, 2.75) is 4.88 Å². The fourth-order valence-corrected chi connectivity index (χ4v) is 4.05. The topological polar surface area (TPSA) is 31.6 Å². The second-order valence-electron chi connectivity index (χ2n) is 2.67. The van der Waals surface area contributed by atoms with Gasteiger partial charge in [-0.2, -0.15) is 0 Å². The van der Waals surface area contributed by atoms with Gasteiger partial charge in [0.2, 0.25) is 0 Å². The predicted octanol–water partition coefficient (Wildman–Crippen LogP) is -4.45. The van der Waals surface area contributed by atoms with Gasteiger partial charge in [0, 0.05) is 0 Å². The van der Waals surface area contributed by atoms with Gasteiger partial charge >= 0.3 is 129 Å². The Morgan fingerprint density at radius 1 is 0.812 bits per heavy atom. The van der Waals surface area contributed by atoms with Gasteiger partial charge < -0.3 is 24.8 Å². The van der Waals surface area contributed by atoms with E-state index >= 15 is 0 Å². The molecule has 16 heavy (non-hydrogen) atoms. The molecule has 2 aromatic rings. The van der Waals surface area contributed by atoms with Gasteiger partial charge in [-0.15, -0.1) is 0 Å². The van der Waals surface area contributed by atoms with E-state index in [9.17, 15) is 0 Å². The smallest absolute Gasteiger partial charge is 1.00 e. The third kappa shape index (κ3) is 8.91. The summed E-state index contributed by atoms with van der Waals surface area (Å²) in [7, 11) is 0. The van der Waals surface area contributed by atoms with Crippen LogP contribution in [0.4, 0.5) is 0 Å². The third-order valence-electron chi connectivity index (χ3n) is 1.73. The van der Waals surface area contributed by atoms with E-state index in [2.05, 4.69) is 39.1 Å². The van der Waals surface area contributed by atoms with Gasteiger partial charge in [-0.1, -0.05) is 0 Å². The third-order valence-corrected chi connectivity index (χ3v) is 7.07. The molecule has 2 nitrogen and oxygen atoms in total. The van der Waals surface area contributed by atoms with Crippen molar-refractivity contribution in [3.05, 3.63) is 36.7 Å². The van der Waals surface area contributed by atoms with Crippen molar-refractivity contribution in [1.29, 1.82) is 0 Å². The Bertz CT molecular complexity index is 288. The maximum atomic E-state index is 3.17. The average Bonchev–Trinajstić information content (AvgIpc) is 2.92. The molecule has 0 aliphatic rings. The zero-order valence-electron chi connectivity index (χ0n) is 9.22. The van der Waals surface area contributed by atoms with E-state index in [1.54, 1.807) is 0 Å². The SMILES string of the molecule is [CH3][Ce+][c]1ccc[nH]1.[CH3][Ce+][c]1ccc[nH]1.[Cl-].[Cl-]. The Labute approximate surface area is 150 Å². The minimum atomic E-state index is -0.333. The van der Waals surface area contributed by atoms with Crippen LogP contribution in [-0.2, 0) is 0 Å². The fraction of sp³-hybridized carbons (Fsp3) is 0.200. The number of aromatic nitrogens is 2. The molecule has 0 amide bonds. The van der Waals surface area contributed by atoms with Crippen molar-refractivity contribution in [3.8, 4) is 0 Å². The number of hydrogen-bond donors (Lipinski definition) is 2. The molecule has 86 valence electrons. The molecule has 0 atom stereocenters. The summed E-state index contributed by atoms with van der Waals surface area (Å²) in [6, 6.07) is 8.46. The Hall–Kier alpha value is 1.89. The van der Waals surface area contributed by atoms with Gasteiger partial charge in [0.05, 0.1) is 0 Å². The van der Waals surface area contributed by atoms with Crippen LogP contribution < -0.4 is 27.2 Å². The second-order valence-corrected chi connectivity index (χ2v) is 9.19. The number of nitrogens with one attached hydrogen (secondary N) is 2. The van der Waals surface area contributed by atoms with Crippen molar-refractivity contribution in [3.63, 3.8) is 0 Å². The Morgan fingerprint density at radius 2 is 1.19 bits per heavy atom. The van der Waals surface area contributed by atoms with E-state index in [1.165, 1.54) is 2.42 Å². The summed E-state index contributed by atoms with van der Waals surface area (Å²) in [6.45, 7) is 0. The summed E-state index contributed by atoms with van der Waals surface area (Å²) >= 11 is -0.665. The molecule has 0 aliphatic carbocycles. The molecular weight excluding hydrogens is 499 g/mol. The standard InChI is InChI=1S/2C4H4N.2CH3.2Ce.2ClH/c2*1-2-4-5-3-1;;;;;;/h2*1-3,5H;2*1H3;;;2*1H/q;;;;2*+1;;/p-2. The van der Waals surface area contributed by atoms with E-state index in [-0.39, 0.29) is 99.9 Å². The molecule has 6 heteroatoms. The molecule has 0 spiro atoms. The minimum absolute atomic E-state index is 0. The maximum absolute atomic E-state index is 3.17. The van der Waals surface area contributed by atoms with Crippen molar-refractivity contribution >= 4 is 2.42 Å². The summed E-state index contributed by atoms with van der Waals surface area (Å²) < 4.78 is 7.65. The van der Waals surface area contributed by atoms with E-state index in [0.29, 0.717) is 0 Å². The number of rotatable bonds is 2. The molecule has 0 fully saturated rings. The van der Waals surface area contributed by atoms with Gasteiger partial charge in [0.25, 0.3) is 0 Å². The van der Waals surface area contributed by atoms with Gasteiger partial charge in [-0.05, 0) is 0 Å². The van der Waals surface area contributed by atoms with E-state index < -0.39 is 0 Å². The molecule has 2 N–H and O–H groups in total. The van der Waals surface area contributed by atoms with Crippen LogP contribution in [0.1, 0.15) is 0 Å². The van der Waals surface area contributed by atoms with Crippen LogP contribution in [-0.4, -0.2) is 9.97 Å². The van der Waals surface area contributed by atoms with Crippen LogP contribution in [0.5, 0.6) is 0 Å². The molecule has 0 aromatic carbocycles. The number of halogens is 2. The summed E-state index contributed by atoms with van der Waals surface area (Å²) in [6.07, 6.45) is 3.98. The molecule has 0 saturated heterocycles. The normalized spacial score (nSPS) is 7.12. The Balaban J connectivity index is 0. The van der Waals surface area contributed by atoms with Crippen molar-refractivity contribution in [2.24, 2.45) is 0 Å². The van der Waals surface area contributed by atoms with Crippen LogP contribution in [0.2, 0.25) is 4.88 Å². The number of aromatic amines is 2. The van der Waals surface area contributed by atoms with Crippen molar-refractivity contribution < 1.29 is 99.9 Å². The molecule has 2 heterocycles. The molecule has 0 unspecified atom stereocenters. The van der Waals surface area contributed by atoms with Crippen LogP contribution in [0, 0.1) is 75.1 Å². The van der Waals surface area contributed by atoms with E-state index in [0.717, 1.165) is 0 Å². The first-order valence-corrected chi connectivity index (χ1v) is 13.9. The first-order valence-electron chi connectivity index (χ1n) is 4.49. The molecule has 0 aliphatic heterocycles. The zero-order valence-corrected chi connectivity index (χ0v) is 17.0. The number of H-pyrrole nitrogens is 2. The predicted molar refractivity (Wildman–Crippen MR) is 52.6 cm³/mol. The molecule has 2 aromatic heterocycles. The van der Waals surface area contributed by atoms with Gasteiger partial charge in [0.1, 0.15) is 0 Å². The monoisotopic (exact) mass is 512 g/mol. The largest absolute Gasteiger partial charge is 1.00 e. The zero-order chi connectivity index (χ0) is 10.2. The first kappa shape index (κ1) is 20.2. The average molecular weight is 513 g/mol. The number of hydrogen-bond acceptors (Lipinski definition) is 0. The molecule has 0 bridgehead atoms. The van der Waals surface area contributed by atoms with Crippen LogP contribution in [0.15, 0.2) is 36.7 Å². The van der Waals surface area contributed by atoms with E-state index in [1.807, 2.05) is 12.4 Å². The summed E-state index contributed by atoms with van der Waals surface area (Å²) in [4.78, 5) is 6.35. The quantitative estimate of drug-likeness (QED) is 0.407. The minimum Gasteiger partial charge on any atom is -1.00 e. The maximum Gasteiger partial charge on any atom is -1.00 e. The summed E-state index contributed by atoms with van der Waals surface area (Å²) in [5.41, 5.74) is 0. The van der Waals surface area contributed by atoms with Crippen LogP contribution in [0.25, 0.3) is 0 Å². The van der Waals surface area contributed by atoms with Gasteiger partial charge in [0.15, 0.2) is 0 Å². The summed E-state index contributed by atoms with van der Waals surface area (Å²) in [5.74, 6) is 0. The summed E-state index contributed by atoms with van der Waals surface area (Å²) in [5, 5.41) is 0. The molecule has 0 saturated carbocycles. The second kappa shape index (κ2) is 13.3. The van der Waals surface area contributed by atoms with Crippen molar-refractivity contribution in [2.75, 3.05) is 0 Å². The van der Waals surface area contributed by atoms with Crippen molar-refractivity contribution in [1.82, 2.24) is 9.97 Å². The van der Waals surface area contributed by atoms with Gasteiger partial charge in [-0.3, -0.25) is 0 Å².